The zero-order valence-corrected chi connectivity index (χ0v) is 19.8. The fourth-order valence-electron chi connectivity index (χ4n) is 4.20. The van der Waals surface area contributed by atoms with Gasteiger partial charge in [0.05, 0.1) is 36.1 Å². The fraction of sp³-hybridized carbons (Fsp3) is 0.320. The third kappa shape index (κ3) is 4.37. The number of hydrogen-bond donors (Lipinski definition) is 0. The maximum absolute atomic E-state index is 13.5. The minimum Gasteiger partial charge on any atom is -0.487 e. The van der Waals surface area contributed by atoms with E-state index in [-0.39, 0.29) is 22.8 Å². The number of carbonyl (C=O) groups is 1. The molecule has 2 saturated heterocycles. The van der Waals surface area contributed by atoms with Gasteiger partial charge in [-0.1, -0.05) is 6.08 Å². The zero-order chi connectivity index (χ0) is 25.5. The van der Waals surface area contributed by atoms with Gasteiger partial charge in [-0.2, -0.15) is 18.4 Å². The van der Waals surface area contributed by atoms with E-state index in [0.29, 0.717) is 24.7 Å². The van der Waals surface area contributed by atoms with Gasteiger partial charge in [-0.15, -0.1) is 6.58 Å². The van der Waals surface area contributed by atoms with Crippen LogP contribution in [0.3, 0.4) is 0 Å². The van der Waals surface area contributed by atoms with Crippen molar-refractivity contribution >= 4 is 34.6 Å². The molecule has 35 heavy (non-hydrogen) atoms. The summed E-state index contributed by atoms with van der Waals surface area (Å²) in [4.78, 5) is 16.0. The molecule has 0 N–H and O–H groups in total. The lowest BCUT2D eigenvalue weighted by Gasteiger charge is -2.29. The molecule has 0 saturated carbocycles. The largest absolute Gasteiger partial charge is 0.487 e. The summed E-state index contributed by atoms with van der Waals surface area (Å²) in [6, 6.07) is 11.6. The number of benzene rings is 2. The second kappa shape index (κ2) is 8.98. The van der Waals surface area contributed by atoms with Gasteiger partial charge in [0.25, 0.3) is 5.91 Å². The number of hydrogen-bond acceptors (Lipinski definition) is 5. The molecule has 182 valence electrons. The summed E-state index contributed by atoms with van der Waals surface area (Å²) in [6.07, 6.45) is -3.12. The Hall–Kier alpha value is -3.42. The molecule has 2 aliphatic rings. The molecule has 2 unspecified atom stereocenters. The third-order valence-electron chi connectivity index (χ3n) is 6.11. The lowest BCUT2D eigenvalue weighted by Crippen LogP contribution is -2.44. The van der Waals surface area contributed by atoms with Gasteiger partial charge >= 0.3 is 6.18 Å². The van der Waals surface area contributed by atoms with E-state index in [9.17, 15) is 18.0 Å². The van der Waals surface area contributed by atoms with Crippen molar-refractivity contribution in [2.24, 2.45) is 5.92 Å². The average Bonchev–Trinajstić information content (AvgIpc) is 3.33. The number of rotatable bonds is 5. The van der Waals surface area contributed by atoms with E-state index >= 15 is 0 Å². The van der Waals surface area contributed by atoms with Crippen LogP contribution in [0.4, 0.5) is 24.5 Å². The number of amides is 1. The Morgan fingerprint density at radius 2 is 1.86 bits per heavy atom. The topological polar surface area (TPSA) is 65.8 Å². The van der Waals surface area contributed by atoms with Crippen LogP contribution < -0.4 is 14.5 Å². The summed E-state index contributed by atoms with van der Waals surface area (Å²) < 4.78 is 51.9. The maximum Gasteiger partial charge on any atom is 0.417 e. The fourth-order valence-corrected chi connectivity index (χ4v) is 4.72. The van der Waals surface area contributed by atoms with Crippen LogP contribution in [0.5, 0.6) is 5.75 Å². The lowest BCUT2D eigenvalue weighted by atomic mass is 10.0. The maximum atomic E-state index is 13.5. The molecule has 0 aliphatic carbocycles. The normalized spacial score (nSPS) is 21.8. The molecule has 1 amide bonds. The van der Waals surface area contributed by atoms with Crippen LogP contribution in [0.15, 0.2) is 55.1 Å². The standard InChI is InChI=1S/C25H22F3N3O3S/c1-4-15-13-33-14-21(15)34-19-9-7-17(8-10-19)31-23(35)30(22(32)24(31,2)3)18-6-5-16(12-29)20(11-18)25(26,27)28/h4-11,15,21H,1,13-14H2,2-3H3. The number of alkyl halides is 3. The molecule has 2 aliphatic heterocycles. The quantitative estimate of drug-likeness (QED) is 0.421. The summed E-state index contributed by atoms with van der Waals surface area (Å²) in [5.41, 5.74) is -2.30. The molecular weight excluding hydrogens is 479 g/mol. The number of anilines is 2. The first-order valence-electron chi connectivity index (χ1n) is 10.8. The second-order valence-corrected chi connectivity index (χ2v) is 9.11. The third-order valence-corrected chi connectivity index (χ3v) is 6.48. The Labute approximate surface area is 206 Å². The summed E-state index contributed by atoms with van der Waals surface area (Å²) >= 11 is 5.56. The van der Waals surface area contributed by atoms with Crippen molar-refractivity contribution in [3.8, 4) is 11.8 Å². The Morgan fingerprint density at radius 3 is 2.46 bits per heavy atom. The summed E-state index contributed by atoms with van der Waals surface area (Å²) in [5.74, 6) is 0.196. The van der Waals surface area contributed by atoms with Crippen molar-refractivity contribution in [1.82, 2.24) is 0 Å². The Morgan fingerprint density at radius 1 is 1.20 bits per heavy atom. The molecule has 0 radical (unpaired) electrons. The first-order valence-corrected chi connectivity index (χ1v) is 11.2. The minimum atomic E-state index is -4.76. The van der Waals surface area contributed by atoms with Crippen LogP contribution >= 0.6 is 12.2 Å². The van der Waals surface area contributed by atoms with E-state index < -0.39 is 28.7 Å². The van der Waals surface area contributed by atoms with Crippen LogP contribution in [0.1, 0.15) is 25.0 Å². The van der Waals surface area contributed by atoms with E-state index in [1.807, 2.05) is 0 Å². The van der Waals surface area contributed by atoms with E-state index in [4.69, 9.17) is 27.0 Å². The number of carbonyl (C=O) groups excluding carboxylic acids is 1. The lowest BCUT2D eigenvalue weighted by molar-refractivity contribution is -0.137. The molecule has 10 heteroatoms. The van der Waals surface area contributed by atoms with Crippen molar-refractivity contribution in [2.45, 2.75) is 31.7 Å². The number of thiocarbonyl (C=S) groups is 1. The zero-order valence-electron chi connectivity index (χ0n) is 19.0. The smallest absolute Gasteiger partial charge is 0.417 e. The van der Waals surface area contributed by atoms with Crippen LogP contribution in [-0.2, 0) is 15.7 Å². The van der Waals surface area contributed by atoms with Crippen molar-refractivity contribution in [2.75, 3.05) is 23.0 Å². The molecule has 4 rings (SSSR count). The highest BCUT2D eigenvalue weighted by atomic mass is 32.1. The molecule has 0 aromatic heterocycles. The molecule has 2 fully saturated rings. The monoisotopic (exact) mass is 501 g/mol. The number of nitriles is 1. The summed E-state index contributed by atoms with van der Waals surface area (Å²) in [6.45, 7) is 8.09. The highest BCUT2D eigenvalue weighted by Crippen LogP contribution is 2.40. The van der Waals surface area contributed by atoms with Gasteiger partial charge in [-0.05, 0) is 68.5 Å². The SMILES string of the molecule is C=CC1COCC1Oc1ccc(N2C(=S)N(c3ccc(C#N)c(C(F)(F)F)c3)C(=O)C2(C)C)cc1. The molecule has 0 bridgehead atoms. The summed E-state index contributed by atoms with van der Waals surface area (Å²) in [5, 5.41) is 9.10. The Balaban J connectivity index is 1.64. The summed E-state index contributed by atoms with van der Waals surface area (Å²) in [7, 11) is 0. The van der Waals surface area contributed by atoms with E-state index in [2.05, 4.69) is 6.58 Å². The van der Waals surface area contributed by atoms with Crippen molar-refractivity contribution in [3.63, 3.8) is 0 Å². The minimum absolute atomic E-state index is 0.0300. The first-order chi connectivity index (χ1) is 16.5. The van der Waals surface area contributed by atoms with Gasteiger partial charge in [0.15, 0.2) is 5.11 Å². The van der Waals surface area contributed by atoms with Crippen LogP contribution in [0.2, 0.25) is 0 Å². The van der Waals surface area contributed by atoms with Crippen molar-refractivity contribution < 1.29 is 27.4 Å². The van der Waals surface area contributed by atoms with Gasteiger partial charge in [-0.3, -0.25) is 9.69 Å². The van der Waals surface area contributed by atoms with Crippen LogP contribution in [0, 0.1) is 17.2 Å². The Kier molecular flexibility index (Phi) is 6.34. The second-order valence-electron chi connectivity index (χ2n) is 8.74. The molecule has 2 aromatic rings. The van der Waals surface area contributed by atoms with Gasteiger partial charge in [-0.25, -0.2) is 0 Å². The van der Waals surface area contributed by atoms with Gasteiger partial charge in [0, 0.05) is 11.6 Å². The number of halogens is 3. The van der Waals surface area contributed by atoms with Gasteiger partial charge in [0.2, 0.25) is 0 Å². The molecule has 2 atom stereocenters. The predicted molar refractivity (Wildman–Crippen MR) is 128 cm³/mol. The van der Waals surface area contributed by atoms with Crippen LogP contribution in [-0.4, -0.2) is 35.9 Å². The van der Waals surface area contributed by atoms with Gasteiger partial charge in [0.1, 0.15) is 17.4 Å². The Bertz CT molecular complexity index is 1220. The van der Waals surface area contributed by atoms with E-state index in [1.165, 1.54) is 12.1 Å². The number of ether oxygens (including phenoxy) is 2. The first kappa shape index (κ1) is 24.7. The van der Waals surface area contributed by atoms with E-state index in [1.54, 1.807) is 49.1 Å². The highest BCUT2D eigenvalue weighted by molar-refractivity contribution is 7.81. The molecule has 6 nitrogen and oxygen atoms in total. The number of nitrogens with zero attached hydrogens (tertiary/aromatic N) is 3. The molecule has 0 spiro atoms. The molecule has 2 aromatic carbocycles. The van der Waals surface area contributed by atoms with Crippen LogP contribution in [0.25, 0.3) is 0 Å². The van der Waals surface area contributed by atoms with Gasteiger partial charge < -0.3 is 14.4 Å². The molecular formula is C25H22F3N3O3S. The van der Waals surface area contributed by atoms with E-state index in [0.717, 1.165) is 17.0 Å². The average molecular weight is 502 g/mol. The van der Waals surface area contributed by atoms with Crippen molar-refractivity contribution in [1.29, 1.82) is 5.26 Å². The predicted octanol–water partition coefficient (Wildman–Crippen LogP) is 5.07. The highest BCUT2D eigenvalue weighted by Gasteiger charge is 2.50. The molecule has 2 heterocycles. The van der Waals surface area contributed by atoms with Crippen molar-refractivity contribution in [3.05, 3.63) is 66.2 Å².